The van der Waals surface area contributed by atoms with Gasteiger partial charge >= 0.3 is 0 Å². The molecule has 13 atom stereocenters. The number of hydrogen-bond acceptors (Lipinski definition) is 8. The summed E-state index contributed by atoms with van der Waals surface area (Å²) in [5.41, 5.74) is 6.17. The van der Waals surface area contributed by atoms with Gasteiger partial charge in [-0.1, -0.05) is 27.7 Å². The van der Waals surface area contributed by atoms with E-state index >= 15 is 0 Å². The lowest BCUT2D eigenvalue weighted by molar-refractivity contribution is -0.256. The number of aliphatic hydroxyl groups excluding tert-OH is 1. The van der Waals surface area contributed by atoms with Gasteiger partial charge < -0.3 is 34.9 Å². The summed E-state index contributed by atoms with van der Waals surface area (Å²) in [6.07, 6.45) is 9.58. The molecule has 0 aromatic rings. The molecule has 8 heteroatoms. The first kappa shape index (κ1) is 31.0. The molecule has 2 spiro atoms. The van der Waals surface area contributed by atoms with E-state index in [9.17, 15) is 10.2 Å². The maximum absolute atomic E-state index is 12.3. The molecular weight excluding hydrogens is 556 g/mol. The van der Waals surface area contributed by atoms with Crippen LogP contribution in [0, 0.1) is 44.8 Å². The van der Waals surface area contributed by atoms with Crippen molar-refractivity contribution in [1.82, 2.24) is 4.90 Å². The SMILES string of the molecule is CC(C)(O)[C@@H](N)[C@H]1CC[C@H]2[C@H](O1)[C@H](O)[C@@]1(C)[C@@H]3CCC4C(C)(C)[C@@H](O[C@H]5CN(C6COC6)CCO5)CC[C@@]45CC35CC[C@]21C. The maximum Gasteiger partial charge on any atom is 0.170 e. The summed E-state index contributed by atoms with van der Waals surface area (Å²) in [7, 11) is 0. The third-order valence-electron chi connectivity index (χ3n) is 16.2. The molecule has 3 saturated heterocycles. The van der Waals surface area contributed by atoms with Crippen LogP contribution in [0.4, 0.5) is 0 Å². The standard InChI is InChI=1S/C36H60N2O6/c1-31(2)24-9-10-25-34(6)30(39)28-22(7-8-23(43-28)29(37)32(3,4)40)33(34,5)13-14-36(25)20-35(24,36)12-11-26(31)44-27-17-38(15-16-42-27)21-18-41-19-21/h21-30,39-40H,7-20,37H2,1-6H3/t22-,23+,24?,25-,26-,27-,28-,29-,30-,33+,34+,35+,36?/m0/s1. The average Bonchev–Trinajstić information content (AvgIpc) is 3.58. The van der Waals surface area contributed by atoms with E-state index in [1.165, 1.54) is 38.5 Å². The largest absolute Gasteiger partial charge is 0.390 e. The first-order valence-electron chi connectivity index (χ1n) is 18.1. The van der Waals surface area contributed by atoms with Crippen molar-refractivity contribution in [2.24, 2.45) is 50.6 Å². The zero-order valence-corrected chi connectivity index (χ0v) is 28.2. The van der Waals surface area contributed by atoms with Crippen LogP contribution in [0.3, 0.4) is 0 Å². The van der Waals surface area contributed by atoms with Crippen molar-refractivity contribution in [3.05, 3.63) is 0 Å². The number of morpholine rings is 1. The van der Waals surface area contributed by atoms with Gasteiger partial charge in [0, 0.05) is 12.0 Å². The minimum atomic E-state index is -1.01. The molecule has 3 aliphatic heterocycles. The van der Waals surface area contributed by atoms with Crippen molar-refractivity contribution in [3.63, 3.8) is 0 Å². The lowest BCUT2D eigenvalue weighted by Crippen LogP contribution is -2.60. The lowest BCUT2D eigenvalue weighted by Gasteiger charge is -2.63. The van der Waals surface area contributed by atoms with E-state index in [4.69, 9.17) is 24.7 Å². The molecule has 3 heterocycles. The van der Waals surface area contributed by atoms with Gasteiger partial charge in [-0.2, -0.15) is 0 Å². The number of ether oxygens (including phenoxy) is 4. The van der Waals surface area contributed by atoms with Crippen molar-refractivity contribution >= 4 is 0 Å². The van der Waals surface area contributed by atoms with Gasteiger partial charge in [0.05, 0.1) is 68.5 Å². The molecule has 5 saturated carbocycles. The summed E-state index contributed by atoms with van der Waals surface area (Å²) in [5, 5.41) is 23.0. The van der Waals surface area contributed by atoms with E-state index in [1.807, 2.05) is 0 Å². The molecule has 0 bridgehead atoms. The highest BCUT2D eigenvalue weighted by atomic mass is 16.7. The highest BCUT2D eigenvalue weighted by Crippen LogP contribution is 2.89. The number of nitrogens with two attached hydrogens (primary N) is 1. The van der Waals surface area contributed by atoms with Crippen LogP contribution in [0.25, 0.3) is 0 Å². The van der Waals surface area contributed by atoms with Crippen molar-refractivity contribution in [2.75, 3.05) is 32.9 Å². The van der Waals surface area contributed by atoms with E-state index in [0.29, 0.717) is 34.6 Å². The molecule has 8 nitrogen and oxygen atoms in total. The summed E-state index contributed by atoms with van der Waals surface area (Å²) in [6.45, 7) is 17.7. The molecular formula is C36H60N2O6. The second-order valence-electron chi connectivity index (χ2n) is 18.3. The number of nitrogens with zero attached hydrogens (tertiary/aromatic N) is 1. The Morgan fingerprint density at radius 2 is 1.68 bits per heavy atom. The Kier molecular flexibility index (Phi) is 6.95. The van der Waals surface area contributed by atoms with Crippen LogP contribution in [0.15, 0.2) is 0 Å². The highest BCUT2D eigenvalue weighted by molar-refractivity contribution is 5.32. The van der Waals surface area contributed by atoms with E-state index < -0.39 is 17.7 Å². The molecule has 0 radical (unpaired) electrons. The van der Waals surface area contributed by atoms with Gasteiger partial charge in [-0.15, -0.1) is 0 Å². The number of aliphatic hydroxyl groups is 2. The van der Waals surface area contributed by atoms with Crippen LogP contribution in [0.2, 0.25) is 0 Å². The summed E-state index contributed by atoms with van der Waals surface area (Å²) < 4.78 is 25.3. The van der Waals surface area contributed by atoms with Crippen molar-refractivity contribution in [2.45, 2.75) is 148 Å². The van der Waals surface area contributed by atoms with Crippen LogP contribution < -0.4 is 5.73 Å². The van der Waals surface area contributed by atoms with Crippen LogP contribution in [0.5, 0.6) is 0 Å². The minimum absolute atomic E-state index is 0.0545. The van der Waals surface area contributed by atoms with Crippen LogP contribution in [-0.2, 0) is 18.9 Å². The van der Waals surface area contributed by atoms with Gasteiger partial charge in [-0.05, 0) is 111 Å². The van der Waals surface area contributed by atoms with Crippen LogP contribution in [-0.4, -0.2) is 96.4 Å². The molecule has 44 heavy (non-hydrogen) atoms. The normalized spacial score (nSPS) is 54.2. The van der Waals surface area contributed by atoms with Gasteiger partial charge in [0.1, 0.15) is 0 Å². The van der Waals surface area contributed by atoms with Crippen LogP contribution >= 0.6 is 0 Å². The van der Waals surface area contributed by atoms with E-state index in [0.717, 1.165) is 52.2 Å². The fourth-order valence-corrected chi connectivity index (χ4v) is 13.4. The monoisotopic (exact) mass is 616 g/mol. The quantitative estimate of drug-likeness (QED) is 0.424. The number of rotatable bonds is 5. The Bertz CT molecular complexity index is 1140. The Morgan fingerprint density at radius 3 is 2.39 bits per heavy atom. The molecule has 8 fully saturated rings. The Labute approximate surface area is 265 Å². The van der Waals surface area contributed by atoms with Gasteiger partial charge in [0.25, 0.3) is 0 Å². The smallest absolute Gasteiger partial charge is 0.170 e. The molecule has 4 N–H and O–H groups in total. The molecule has 0 amide bonds. The Hall–Kier alpha value is -0.320. The van der Waals surface area contributed by atoms with Crippen molar-refractivity contribution in [3.8, 4) is 0 Å². The summed E-state index contributed by atoms with van der Waals surface area (Å²) in [6, 6.07) is 0.0678. The lowest BCUT2D eigenvalue weighted by atomic mass is 9.41. The third kappa shape index (κ3) is 3.92. The molecule has 8 aliphatic rings. The van der Waals surface area contributed by atoms with Gasteiger partial charge in [-0.3, -0.25) is 4.90 Å². The van der Waals surface area contributed by atoms with E-state index in [2.05, 4.69) is 32.6 Å². The zero-order valence-electron chi connectivity index (χ0n) is 28.2. The van der Waals surface area contributed by atoms with Gasteiger partial charge in [0.15, 0.2) is 6.29 Å². The Morgan fingerprint density at radius 1 is 0.955 bits per heavy atom. The predicted octanol–water partition coefficient (Wildman–Crippen LogP) is 4.09. The Balaban J connectivity index is 1.02. The van der Waals surface area contributed by atoms with Gasteiger partial charge in [-0.25, -0.2) is 0 Å². The number of hydrogen-bond donors (Lipinski definition) is 3. The summed E-state index contributed by atoms with van der Waals surface area (Å²) >= 11 is 0. The summed E-state index contributed by atoms with van der Waals surface area (Å²) in [4.78, 5) is 2.50. The first-order chi connectivity index (χ1) is 20.7. The first-order valence-corrected chi connectivity index (χ1v) is 18.1. The maximum atomic E-state index is 12.3. The molecule has 8 rings (SSSR count). The van der Waals surface area contributed by atoms with Gasteiger partial charge in [0.2, 0.25) is 0 Å². The molecule has 250 valence electrons. The topological polar surface area (TPSA) is 107 Å². The number of fused-ring (bicyclic) bond motifs is 4. The third-order valence-corrected chi connectivity index (χ3v) is 16.2. The zero-order chi connectivity index (χ0) is 31.1. The van der Waals surface area contributed by atoms with Crippen molar-refractivity contribution in [1.29, 1.82) is 0 Å². The predicted molar refractivity (Wildman–Crippen MR) is 167 cm³/mol. The summed E-state index contributed by atoms with van der Waals surface area (Å²) in [5.74, 6) is 1.51. The van der Waals surface area contributed by atoms with Crippen LogP contribution in [0.1, 0.15) is 99.3 Å². The second-order valence-corrected chi connectivity index (χ2v) is 18.3. The average molecular weight is 617 g/mol. The fourth-order valence-electron chi connectivity index (χ4n) is 13.4. The van der Waals surface area contributed by atoms with E-state index in [-0.39, 0.29) is 40.8 Å². The molecule has 5 aliphatic carbocycles. The van der Waals surface area contributed by atoms with Crippen molar-refractivity contribution < 1.29 is 29.2 Å². The molecule has 0 aromatic heterocycles. The minimum Gasteiger partial charge on any atom is -0.390 e. The molecule has 2 unspecified atom stereocenters. The molecule has 0 aromatic carbocycles. The highest BCUT2D eigenvalue weighted by Gasteiger charge is 2.84. The second kappa shape index (κ2) is 9.87. The fraction of sp³-hybridized carbons (Fsp3) is 1.00. The van der Waals surface area contributed by atoms with E-state index in [1.54, 1.807) is 13.8 Å².